The molecule has 0 spiro atoms. The van der Waals surface area contributed by atoms with Gasteiger partial charge in [0.25, 0.3) is 0 Å². The molecule has 2 aromatic carbocycles. The van der Waals surface area contributed by atoms with E-state index in [0.717, 1.165) is 6.07 Å². The molecule has 5 heteroatoms. The monoisotopic (exact) mass is 279 g/mol. The van der Waals surface area contributed by atoms with E-state index in [9.17, 15) is 8.78 Å². The molecule has 0 unspecified atom stereocenters. The summed E-state index contributed by atoms with van der Waals surface area (Å²) in [7, 11) is 0. The molecule has 0 aliphatic heterocycles. The Hall–Kier alpha value is -2.12. The van der Waals surface area contributed by atoms with Crippen LogP contribution in [0.15, 0.2) is 36.4 Å². The molecule has 0 fully saturated rings. The Kier molecular flexibility index (Phi) is 3.98. The van der Waals surface area contributed by atoms with Crippen molar-refractivity contribution in [3.05, 3.63) is 59.2 Å². The van der Waals surface area contributed by atoms with Crippen LogP contribution < -0.4 is 4.74 Å². The summed E-state index contributed by atoms with van der Waals surface area (Å²) >= 11 is 5.69. The minimum absolute atomic E-state index is 0.0657. The average molecular weight is 280 g/mol. The van der Waals surface area contributed by atoms with Gasteiger partial charge in [-0.3, -0.25) is 0 Å². The number of halogens is 3. The van der Waals surface area contributed by atoms with E-state index < -0.39 is 11.6 Å². The van der Waals surface area contributed by atoms with Gasteiger partial charge in [0.05, 0.1) is 11.4 Å². The summed E-state index contributed by atoms with van der Waals surface area (Å²) in [6.07, 6.45) is 0. The van der Waals surface area contributed by atoms with Crippen LogP contribution in [0.25, 0.3) is 0 Å². The van der Waals surface area contributed by atoms with Crippen LogP contribution >= 0.6 is 11.6 Å². The highest BCUT2D eigenvalue weighted by atomic mass is 35.5. The molecule has 0 atom stereocenters. The summed E-state index contributed by atoms with van der Waals surface area (Å²) in [5.41, 5.74) is 0.399. The normalized spacial score (nSPS) is 10.0. The van der Waals surface area contributed by atoms with Crippen molar-refractivity contribution < 1.29 is 13.5 Å². The minimum Gasteiger partial charge on any atom is -0.457 e. The second-order valence-corrected chi connectivity index (χ2v) is 4.01. The zero-order chi connectivity index (χ0) is 13.8. The lowest BCUT2D eigenvalue weighted by Gasteiger charge is -2.10. The molecule has 0 saturated heterocycles. The zero-order valence-corrected chi connectivity index (χ0v) is 10.4. The summed E-state index contributed by atoms with van der Waals surface area (Å²) in [5.74, 6) is -0.454. The standard InChI is InChI=1S/C14H8ClF2NO/c15-7-10-5-11(16)2-4-14(10)19-12-3-1-9(8-18)13(17)6-12/h1-6H,7H2. The molecule has 0 radical (unpaired) electrons. The Morgan fingerprint density at radius 3 is 2.58 bits per heavy atom. The van der Waals surface area contributed by atoms with E-state index in [-0.39, 0.29) is 17.2 Å². The molecular formula is C14H8ClF2NO. The van der Waals surface area contributed by atoms with Gasteiger partial charge in [0.1, 0.15) is 29.2 Å². The lowest BCUT2D eigenvalue weighted by Crippen LogP contribution is -1.92. The van der Waals surface area contributed by atoms with Crippen LogP contribution in [-0.2, 0) is 5.88 Å². The third-order valence-electron chi connectivity index (χ3n) is 2.46. The van der Waals surface area contributed by atoms with Gasteiger partial charge in [-0.2, -0.15) is 5.26 Å². The molecule has 0 aliphatic carbocycles. The van der Waals surface area contributed by atoms with Crippen LogP contribution in [0.1, 0.15) is 11.1 Å². The Morgan fingerprint density at radius 2 is 1.95 bits per heavy atom. The maximum absolute atomic E-state index is 13.4. The van der Waals surface area contributed by atoms with Crippen molar-refractivity contribution in [1.29, 1.82) is 5.26 Å². The summed E-state index contributed by atoms with van der Waals surface area (Å²) in [4.78, 5) is 0. The van der Waals surface area contributed by atoms with E-state index in [4.69, 9.17) is 21.6 Å². The van der Waals surface area contributed by atoms with E-state index in [1.807, 2.05) is 0 Å². The fraction of sp³-hybridized carbons (Fsp3) is 0.0714. The summed E-state index contributed by atoms with van der Waals surface area (Å²) in [6, 6.07) is 9.49. The van der Waals surface area contributed by atoms with Gasteiger partial charge < -0.3 is 4.74 Å². The summed E-state index contributed by atoms with van der Waals surface area (Å²) in [6.45, 7) is 0. The van der Waals surface area contributed by atoms with Crippen molar-refractivity contribution in [2.24, 2.45) is 0 Å². The number of benzene rings is 2. The van der Waals surface area contributed by atoms with E-state index >= 15 is 0 Å². The van der Waals surface area contributed by atoms with Gasteiger partial charge in [-0.05, 0) is 30.3 Å². The molecule has 0 bridgehead atoms. The largest absolute Gasteiger partial charge is 0.457 e. The Bertz CT molecular complexity index is 652. The van der Waals surface area contributed by atoms with Crippen LogP contribution in [0.3, 0.4) is 0 Å². The van der Waals surface area contributed by atoms with Gasteiger partial charge in [0, 0.05) is 11.6 Å². The summed E-state index contributed by atoms with van der Waals surface area (Å²) in [5, 5.41) is 8.62. The van der Waals surface area contributed by atoms with Crippen molar-refractivity contribution in [3.63, 3.8) is 0 Å². The molecule has 96 valence electrons. The first-order valence-electron chi connectivity index (χ1n) is 5.36. The highest BCUT2D eigenvalue weighted by molar-refractivity contribution is 6.17. The molecule has 2 nitrogen and oxygen atoms in total. The van der Waals surface area contributed by atoms with Crippen molar-refractivity contribution in [1.82, 2.24) is 0 Å². The first kappa shape index (κ1) is 13.3. The van der Waals surface area contributed by atoms with Gasteiger partial charge >= 0.3 is 0 Å². The van der Waals surface area contributed by atoms with Crippen molar-refractivity contribution in [2.75, 3.05) is 0 Å². The molecular weight excluding hydrogens is 272 g/mol. The Morgan fingerprint density at radius 1 is 1.16 bits per heavy atom. The van der Waals surface area contributed by atoms with Crippen LogP contribution in [-0.4, -0.2) is 0 Å². The zero-order valence-electron chi connectivity index (χ0n) is 9.66. The smallest absolute Gasteiger partial charge is 0.144 e. The number of alkyl halides is 1. The van der Waals surface area contributed by atoms with Gasteiger partial charge in [-0.1, -0.05) is 0 Å². The topological polar surface area (TPSA) is 33.0 Å². The van der Waals surface area contributed by atoms with E-state index in [0.29, 0.717) is 11.3 Å². The highest BCUT2D eigenvalue weighted by Crippen LogP contribution is 2.28. The van der Waals surface area contributed by atoms with Gasteiger partial charge in [0.15, 0.2) is 0 Å². The minimum atomic E-state index is -0.672. The van der Waals surface area contributed by atoms with Crippen molar-refractivity contribution >= 4 is 11.6 Å². The van der Waals surface area contributed by atoms with E-state index in [2.05, 4.69) is 0 Å². The number of nitriles is 1. The van der Waals surface area contributed by atoms with Gasteiger partial charge in [-0.25, -0.2) is 8.78 Å². The van der Waals surface area contributed by atoms with Crippen molar-refractivity contribution in [3.8, 4) is 17.6 Å². The number of nitrogens with zero attached hydrogens (tertiary/aromatic N) is 1. The van der Waals surface area contributed by atoms with Gasteiger partial charge in [0.2, 0.25) is 0 Å². The number of hydrogen-bond donors (Lipinski definition) is 0. The molecule has 0 aromatic heterocycles. The first-order valence-corrected chi connectivity index (χ1v) is 5.89. The molecule has 0 aliphatic rings. The quantitative estimate of drug-likeness (QED) is 0.782. The molecule has 0 amide bonds. The Balaban J connectivity index is 2.31. The van der Waals surface area contributed by atoms with Crippen LogP contribution in [0.5, 0.6) is 11.5 Å². The third kappa shape index (κ3) is 3.01. The highest BCUT2D eigenvalue weighted by Gasteiger charge is 2.08. The molecule has 0 heterocycles. The number of ether oxygens (including phenoxy) is 1. The second-order valence-electron chi connectivity index (χ2n) is 3.74. The maximum atomic E-state index is 13.4. The maximum Gasteiger partial charge on any atom is 0.144 e. The van der Waals surface area contributed by atoms with E-state index in [1.165, 1.54) is 30.3 Å². The average Bonchev–Trinajstić information content (AvgIpc) is 2.41. The second kappa shape index (κ2) is 5.68. The Labute approximate surface area is 113 Å². The fourth-order valence-electron chi connectivity index (χ4n) is 1.53. The van der Waals surface area contributed by atoms with Crippen LogP contribution in [0, 0.1) is 23.0 Å². The van der Waals surface area contributed by atoms with Gasteiger partial charge in [-0.15, -0.1) is 11.6 Å². The molecule has 0 N–H and O–H groups in total. The molecule has 2 rings (SSSR count). The number of rotatable bonds is 3. The molecule has 19 heavy (non-hydrogen) atoms. The molecule has 2 aromatic rings. The van der Waals surface area contributed by atoms with Crippen molar-refractivity contribution in [2.45, 2.75) is 5.88 Å². The predicted octanol–water partition coefficient (Wildman–Crippen LogP) is 4.37. The van der Waals surface area contributed by atoms with Crippen LogP contribution in [0.4, 0.5) is 8.78 Å². The summed E-state index contributed by atoms with van der Waals surface area (Å²) < 4.78 is 31.9. The lowest BCUT2D eigenvalue weighted by molar-refractivity contribution is 0.470. The third-order valence-corrected chi connectivity index (χ3v) is 2.74. The number of hydrogen-bond acceptors (Lipinski definition) is 2. The predicted molar refractivity (Wildman–Crippen MR) is 67.1 cm³/mol. The van der Waals surface area contributed by atoms with Crippen LogP contribution in [0.2, 0.25) is 0 Å². The van der Waals surface area contributed by atoms with E-state index in [1.54, 1.807) is 6.07 Å². The lowest BCUT2D eigenvalue weighted by atomic mass is 10.2. The SMILES string of the molecule is N#Cc1ccc(Oc2ccc(F)cc2CCl)cc1F. The first-order chi connectivity index (χ1) is 9.13. The fourth-order valence-corrected chi connectivity index (χ4v) is 1.74. The molecule has 0 saturated carbocycles.